The van der Waals surface area contributed by atoms with Crippen LogP contribution in [0.25, 0.3) is 0 Å². The van der Waals surface area contributed by atoms with Gasteiger partial charge in [-0.05, 0) is 32.6 Å². The normalized spacial score (nSPS) is 16.1. The quantitative estimate of drug-likeness (QED) is 0.871. The molecular formula is C16H27N5O. The van der Waals surface area contributed by atoms with E-state index in [1.165, 1.54) is 0 Å². The molecule has 1 saturated heterocycles. The largest absolute Gasteiger partial charge is 0.368 e. The minimum Gasteiger partial charge on any atom is -0.368 e. The highest BCUT2D eigenvalue weighted by Crippen LogP contribution is 2.19. The minimum absolute atomic E-state index is 0.175. The molecule has 6 nitrogen and oxygen atoms in total. The van der Waals surface area contributed by atoms with Crippen LogP contribution >= 0.6 is 0 Å². The summed E-state index contributed by atoms with van der Waals surface area (Å²) in [7, 11) is 0. The number of nitrogen functional groups attached to an aromatic ring is 1. The number of hydrogen-bond donors (Lipinski definition) is 2. The number of anilines is 2. The maximum absolute atomic E-state index is 12.4. The molecule has 0 aromatic carbocycles. The van der Waals surface area contributed by atoms with E-state index in [1.54, 1.807) is 0 Å². The second-order valence-electron chi connectivity index (χ2n) is 6.01. The van der Waals surface area contributed by atoms with E-state index in [-0.39, 0.29) is 5.92 Å². The van der Waals surface area contributed by atoms with Crippen LogP contribution in [0.15, 0.2) is 6.07 Å². The predicted octanol–water partition coefficient (Wildman–Crippen LogP) is 2.21. The summed E-state index contributed by atoms with van der Waals surface area (Å²) in [6.07, 6.45) is 3.73. The number of nitrogens with two attached hydrogens (primary N) is 1. The summed E-state index contributed by atoms with van der Waals surface area (Å²) in [6, 6.07) is 2.23. The van der Waals surface area contributed by atoms with Crippen LogP contribution in [0, 0.1) is 12.8 Å². The maximum atomic E-state index is 12.4. The Bertz CT molecular complexity index is 487. The molecule has 1 aliphatic heterocycles. The molecule has 1 amide bonds. The van der Waals surface area contributed by atoms with Crippen LogP contribution in [-0.4, -0.2) is 39.9 Å². The zero-order chi connectivity index (χ0) is 16.1. The van der Waals surface area contributed by atoms with E-state index in [0.717, 1.165) is 50.3 Å². The third-order valence-electron chi connectivity index (χ3n) is 4.36. The second kappa shape index (κ2) is 7.42. The first-order chi connectivity index (χ1) is 10.5. The summed E-state index contributed by atoms with van der Waals surface area (Å²) in [5.41, 5.74) is 6.53. The zero-order valence-corrected chi connectivity index (χ0v) is 13.8. The monoisotopic (exact) mass is 305 g/mol. The highest BCUT2D eigenvalue weighted by atomic mass is 16.2. The Labute approximate surface area is 132 Å². The Kier molecular flexibility index (Phi) is 5.57. The number of nitrogens with zero attached hydrogens (tertiary/aromatic N) is 3. The first kappa shape index (κ1) is 16.5. The van der Waals surface area contributed by atoms with Crippen LogP contribution in [-0.2, 0) is 4.79 Å². The average molecular weight is 305 g/mol. The van der Waals surface area contributed by atoms with Crippen LogP contribution in [0.2, 0.25) is 0 Å². The Morgan fingerprint density at radius 2 is 2.00 bits per heavy atom. The molecule has 0 aliphatic carbocycles. The lowest BCUT2D eigenvalue weighted by Crippen LogP contribution is -2.44. The van der Waals surface area contributed by atoms with Crippen LogP contribution < -0.4 is 11.1 Å². The molecule has 3 N–H and O–H groups in total. The molecule has 0 bridgehead atoms. The molecule has 1 aliphatic rings. The number of carbonyl (C=O) groups is 1. The SMILES string of the molecule is CCC(CC)C(=O)N1CCC(Nc2cc(C)nc(N)n2)CC1. The summed E-state index contributed by atoms with van der Waals surface area (Å²) in [4.78, 5) is 22.7. The Balaban J connectivity index is 1.88. The van der Waals surface area contributed by atoms with Gasteiger partial charge in [-0.3, -0.25) is 4.79 Å². The van der Waals surface area contributed by atoms with E-state index < -0.39 is 0 Å². The maximum Gasteiger partial charge on any atom is 0.225 e. The van der Waals surface area contributed by atoms with Gasteiger partial charge in [0.25, 0.3) is 0 Å². The van der Waals surface area contributed by atoms with Gasteiger partial charge < -0.3 is 16.0 Å². The smallest absolute Gasteiger partial charge is 0.225 e. The van der Waals surface area contributed by atoms with Gasteiger partial charge in [-0.25, -0.2) is 4.98 Å². The van der Waals surface area contributed by atoms with E-state index in [0.29, 0.717) is 17.9 Å². The Hall–Kier alpha value is -1.85. The Morgan fingerprint density at radius 1 is 1.36 bits per heavy atom. The third-order valence-corrected chi connectivity index (χ3v) is 4.36. The highest BCUT2D eigenvalue weighted by Gasteiger charge is 2.26. The fraction of sp³-hybridized carbons (Fsp3) is 0.688. The molecule has 1 aromatic heterocycles. The molecule has 0 unspecified atom stereocenters. The van der Waals surface area contributed by atoms with E-state index in [2.05, 4.69) is 29.1 Å². The number of piperidine rings is 1. The van der Waals surface area contributed by atoms with Gasteiger partial charge in [0.2, 0.25) is 11.9 Å². The number of likely N-dealkylation sites (tertiary alicyclic amines) is 1. The molecule has 0 saturated carbocycles. The van der Waals surface area contributed by atoms with Crippen molar-refractivity contribution in [3.05, 3.63) is 11.8 Å². The summed E-state index contributed by atoms with van der Waals surface area (Å²) in [6.45, 7) is 7.70. The Morgan fingerprint density at radius 3 is 2.55 bits per heavy atom. The van der Waals surface area contributed by atoms with Gasteiger partial charge in [-0.15, -0.1) is 0 Å². The van der Waals surface area contributed by atoms with Crippen LogP contribution in [0.1, 0.15) is 45.2 Å². The van der Waals surface area contributed by atoms with E-state index in [4.69, 9.17) is 5.73 Å². The number of aryl methyl sites for hydroxylation is 1. The van der Waals surface area contributed by atoms with Crippen molar-refractivity contribution < 1.29 is 4.79 Å². The summed E-state index contributed by atoms with van der Waals surface area (Å²) in [5, 5.41) is 3.41. The lowest BCUT2D eigenvalue weighted by atomic mass is 9.98. The van der Waals surface area contributed by atoms with Crippen molar-refractivity contribution >= 4 is 17.7 Å². The van der Waals surface area contributed by atoms with Crippen molar-refractivity contribution in [3.63, 3.8) is 0 Å². The number of amides is 1. The predicted molar refractivity (Wildman–Crippen MR) is 88.5 cm³/mol. The van der Waals surface area contributed by atoms with Crippen molar-refractivity contribution in [1.82, 2.24) is 14.9 Å². The van der Waals surface area contributed by atoms with Gasteiger partial charge in [-0.1, -0.05) is 13.8 Å². The fourth-order valence-electron chi connectivity index (χ4n) is 3.01. The van der Waals surface area contributed by atoms with Crippen LogP contribution in [0.4, 0.5) is 11.8 Å². The molecule has 1 fully saturated rings. The van der Waals surface area contributed by atoms with Gasteiger partial charge >= 0.3 is 0 Å². The summed E-state index contributed by atoms with van der Waals surface area (Å²) < 4.78 is 0. The van der Waals surface area contributed by atoms with Crippen LogP contribution in [0.3, 0.4) is 0 Å². The van der Waals surface area contributed by atoms with Gasteiger partial charge in [0, 0.05) is 36.8 Å². The molecule has 2 rings (SSSR count). The van der Waals surface area contributed by atoms with Gasteiger partial charge in [0.05, 0.1) is 0 Å². The van der Waals surface area contributed by atoms with E-state index >= 15 is 0 Å². The van der Waals surface area contributed by atoms with Crippen molar-refractivity contribution in [2.75, 3.05) is 24.1 Å². The molecular weight excluding hydrogens is 278 g/mol. The minimum atomic E-state index is 0.175. The molecule has 0 radical (unpaired) electrons. The highest BCUT2D eigenvalue weighted by molar-refractivity contribution is 5.78. The topological polar surface area (TPSA) is 84.1 Å². The molecule has 6 heteroatoms. The van der Waals surface area contributed by atoms with Gasteiger partial charge in [0.1, 0.15) is 5.82 Å². The number of nitrogens with one attached hydrogen (secondary N) is 1. The van der Waals surface area contributed by atoms with Gasteiger partial charge in [0.15, 0.2) is 0 Å². The van der Waals surface area contributed by atoms with Crippen LogP contribution in [0.5, 0.6) is 0 Å². The lowest BCUT2D eigenvalue weighted by Gasteiger charge is -2.34. The van der Waals surface area contributed by atoms with Crippen molar-refractivity contribution in [1.29, 1.82) is 0 Å². The molecule has 2 heterocycles. The lowest BCUT2D eigenvalue weighted by molar-refractivity contribution is -0.136. The number of hydrogen-bond acceptors (Lipinski definition) is 5. The number of aromatic nitrogens is 2. The number of carbonyl (C=O) groups excluding carboxylic acids is 1. The molecule has 22 heavy (non-hydrogen) atoms. The second-order valence-corrected chi connectivity index (χ2v) is 6.01. The zero-order valence-electron chi connectivity index (χ0n) is 13.8. The number of rotatable bonds is 5. The molecule has 122 valence electrons. The summed E-state index contributed by atoms with van der Waals surface area (Å²) >= 11 is 0. The third kappa shape index (κ3) is 4.08. The molecule has 0 atom stereocenters. The summed E-state index contributed by atoms with van der Waals surface area (Å²) in [5.74, 6) is 1.55. The van der Waals surface area contributed by atoms with Crippen molar-refractivity contribution in [3.8, 4) is 0 Å². The van der Waals surface area contributed by atoms with E-state index in [1.807, 2.05) is 17.9 Å². The van der Waals surface area contributed by atoms with Crippen molar-refractivity contribution in [2.24, 2.45) is 5.92 Å². The standard InChI is InChI=1S/C16H27N5O/c1-4-12(5-2)15(22)21-8-6-13(7-9-21)19-14-10-11(3)18-16(17)20-14/h10,12-13H,4-9H2,1-3H3,(H3,17,18,19,20). The first-order valence-electron chi connectivity index (χ1n) is 8.20. The molecule has 0 spiro atoms. The van der Waals surface area contributed by atoms with Gasteiger partial charge in [-0.2, -0.15) is 4.98 Å². The average Bonchev–Trinajstić information content (AvgIpc) is 2.48. The van der Waals surface area contributed by atoms with Crippen molar-refractivity contribution in [2.45, 2.75) is 52.5 Å². The first-order valence-corrected chi connectivity index (χ1v) is 8.20. The molecule has 1 aromatic rings. The fourth-order valence-corrected chi connectivity index (χ4v) is 3.01. The van der Waals surface area contributed by atoms with E-state index in [9.17, 15) is 4.79 Å².